The molecule has 110 valence electrons. The Kier molecular flexibility index (Phi) is 4.83. The van der Waals surface area contributed by atoms with Crippen LogP contribution >= 0.6 is 11.6 Å². The summed E-state index contributed by atoms with van der Waals surface area (Å²) >= 11 is 5.89. The molecule has 1 saturated heterocycles. The second-order valence-corrected chi connectivity index (χ2v) is 5.33. The van der Waals surface area contributed by atoms with Crippen LogP contribution in [0.15, 0.2) is 18.2 Å². The van der Waals surface area contributed by atoms with E-state index in [1.54, 1.807) is 11.8 Å². The van der Waals surface area contributed by atoms with Gasteiger partial charge in [0.25, 0.3) is 5.91 Å². The molecule has 0 aromatic heterocycles. The van der Waals surface area contributed by atoms with Crippen molar-refractivity contribution in [2.75, 3.05) is 19.6 Å². The van der Waals surface area contributed by atoms with E-state index in [9.17, 15) is 9.18 Å². The van der Waals surface area contributed by atoms with Gasteiger partial charge in [0.1, 0.15) is 11.6 Å². The van der Waals surface area contributed by atoms with Crippen molar-refractivity contribution >= 4 is 17.5 Å². The first-order chi connectivity index (χ1) is 9.49. The molecule has 1 aliphatic heterocycles. The van der Waals surface area contributed by atoms with Gasteiger partial charge in [-0.15, -0.1) is 0 Å². The number of hydrogen-bond acceptors (Lipinski definition) is 3. The largest absolute Gasteiger partial charge is 0.479 e. The molecule has 1 heterocycles. The molecule has 1 aromatic rings. The molecule has 0 radical (unpaired) electrons. The van der Waals surface area contributed by atoms with Gasteiger partial charge in [-0.2, -0.15) is 0 Å². The van der Waals surface area contributed by atoms with Gasteiger partial charge in [-0.05, 0) is 32.0 Å². The summed E-state index contributed by atoms with van der Waals surface area (Å²) in [7, 11) is 0. The van der Waals surface area contributed by atoms with Crippen LogP contribution in [0, 0.1) is 5.82 Å². The number of benzene rings is 1. The SMILES string of the molecule is CC(Oc1ccc(F)cc1Cl)C(=O)N1CCNC[C@H]1C. The van der Waals surface area contributed by atoms with Crippen LogP contribution in [0.25, 0.3) is 0 Å². The van der Waals surface area contributed by atoms with Crippen LogP contribution in [0.5, 0.6) is 5.75 Å². The van der Waals surface area contributed by atoms with E-state index < -0.39 is 11.9 Å². The first-order valence-electron chi connectivity index (χ1n) is 6.62. The van der Waals surface area contributed by atoms with Crippen molar-refractivity contribution in [3.05, 3.63) is 29.0 Å². The minimum atomic E-state index is -0.654. The molecule has 1 N–H and O–H groups in total. The molecule has 20 heavy (non-hydrogen) atoms. The van der Waals surface area contributed by atoms with Crippen molar-refractivity contribution < 1.29 is 13.9 Å². The van der Waals surface area contributed by atoms with Crippen LogP contribution in [-0.4, -0.2) is 42.6 Å². The van der Waals surface area contributed by atoms with Crippen LogP contribution in [0.3, 0.4) is 0 Å². The highest BCUT2D eigenvalue weighted by molar-refractivity contribution is 6.32. The van der Waals surface area contributed by atoms with E-state index in [-0.39, 0.29) is 17.0 Å². The Morgan fingerprint density at radius 2 is 2.35 bits per heavy atom. The van der Waals surface area contributed by atoms with Crippen LogP contribution in [0.4, 0.5) is 4.39 Å². The average Bonchev–Trinajstić information content (AvgIpc) is 2.41. The van der Waals surface area contributed by atoms with Crippen LogP contribution < -0.4 is 10.1 Å². The molecule has 4 nitrogen and oxygen atoms in total. The maximum Gasteiger partial charge on any atom is 0.263 e. The topological polar surface area (TPSA) is 41.6 Å². The van der Waals surface area contributed by atoms with E-state index in [0.717, 1.165) is 13.1 Å². The van der Waals surface area contributed by atoms with Gasteiger partial charge in [-0.25, -0.2) is 4.39 Å². The molecule has 6 heteroatoms. The lowest BCUT2D eigenvalue weighted by Gasteiger charge is -2.35. The van der Waals surface area contributed by atoms with Gasteiger partial charge in [0, 0.05) is 25.7 Å². The van der Waals surface area contributed by atoms with Gasteiger partial charge >= 0.3 is 0 Å². The van der Waals surface area contributed by atoms with Crippen LogP contribution in [-0.2, 0) is 4.79 Å². The van der Waals surface area contributed by atoms with E-state index in [0.29, 0.717) is 12.3 Å². The number of rotatable bonds is 3. The summed E-state index contributed by atoms with van der Waals surface area (Å²) in [5.41, 5.74) is 0. The molecule has 1 aliphatic rings. The highest BCUT2D eigenvalue weighted by Crippen LogP contribution is 2.26. The Bertz CT molecular complexity index is 498. The Morgan fingerprint density at radius 1 is 1.60 bits per heavy atom. The lowest BCUT2D eigenvalue weighted by molar-refractivity contribution is -0.140. The second-order valence-electron chi connectivity index (χ2n) is 4.92. The summed E-state index contributed by atoms with van der Waals surface area (Å²) in [6.45, 7) is 5.87. The van der Waals surface area contributed by atoms with Gasteiger partial charge in [0.05, 0.1) is 5.02 Å². The lowest BCUT2D eigenvalue weighted by Crippen LogP contribution is -2.55. The number of carbonyl (C=O) groups is 1. The molecule has 0 aliphatic carbocycles. The molecule has 1 aromatic carbocycles. The first kappa shape index (κ1) is 15.1. The number of amides is 1. The third-order valence-corrected chi connectivity index (χ3v) is 3.63. The van der Waals surface area contributed by atoms with Gasteiger partial charge in [0.15, 0.2) is 6.10 Å². The first-order valence-corrected chi connectivity index (χ1v) is 6.99. The maximum absolute atomic E-state index is 13.0. The number of nitrogens with one attached hydrogen (secondary N) is 1. The van der Waals surface area contributed by atoms with Crippen molar-refractivity contribution in [2.24, 2.45) is 0 Å². The Balaban J connectivity index is 2.03. The highest BCUT2D eigenvalue weighted by atomic mass is 35.5. The van der Waals surface area contributed by atoms with Crippen LogP contribution in [0.1, 0.15) is 13.8 Å². The standard InChI is InChI=1S/C14H18ClFN2O2/c1-9-8-17-5-6-18(9)14(19)10(2)20-13-4-3-11(16)7-12(13)15/h3-4,7,9-10,17H,5-6,8H2,1-2H3/t9-,10?/m1/s1. The second kappa shape index (κ2) is 6.41. The number of nitrogens with zero attached hydrogens (tertiary/aromatic N) is 1. The third kappa shape index (κ3) is 3.41. The van der Waals surface area contributed by atoms with Gasteiger partial charge in [-0.3, -0.25) is 4.79 Å². The zero-order valence-corrected chi connectivity index (χ0v) is 12.3. The average molecular weight is 301 g/mol. The Labute approximate surface area is 122 Å². The number of hydrogen-bond donors (Lipinski definition) is 1. The van der Waals surface area contributed by atoms with Crippen molar-refractivity contribution in [3.8, 4) is 5.75 Å². The van der Waals surface area contributed by atoms with E-state index >= 15 is 0 Å². The summed E-state index contributed by atoms with van der Waals surface area (Å²) in [6, 6.07) is 3.99. The summed E-state index contributed by atoms with van der Waals surface area (Å²) in [6.07, 6.45) is -0.654. The molecule has 1 unspecified atom stereocenters. The molecule has 1 amide bonds. The molecule has 0 saturated carbocycles. The van der Waals surface area contributed by atoms with Crippen molar-refractivity contribution in [1.29, 1.82) is 0 Å². The fraction of sp³-hybridized carbons (Fsp3) is 0.500. The Morgan fingerprint density at radius 3 is 3.00 bits per heavy atom. The molecular weight excluding hydrogens is 283 g/mol. The van der Waals surface area contributed by atoms with Crippen molar-refractivity contribution in [3.63, 3.8) is 0 Å². The van der Waals surface area contributed by atoms with E-state index in [2.05, 4.69) is 5.32 Å². The van der Waals surface area contributed by atoms with E-state index in [1.165, 1.54) is 18.2 Å². The van der Waals surface area contributed by atoms with E-state index in [4.69, 9.17) is 16.3 Å². The summed E-state index contributed by atoms with van der Waals surface area (Å²) in [4.78, 5) is 14.1. The zero-order valence-electron chi connectivity index (χ0n) is 11.5. The minimum absolute atomic E-state index is 0.0839. The van der Waals surface area contributed by atoms with Gasteiger partial charge < -0.3 is 15.0 Å². The number of ether oxygens (including phenoxy) is 1. The quantitative estimate of drug-likeness (QED) is 0.929. The highest BCUT2D eigenvalue weighted by Gasteiger charge is 2.28. The molecule has 0 spiro atoms. The normalized spacial score (nSPS) is 20.6. The number of piperazine rings is 1. The molecule has 0 bridgehead atoms. The smallest absolute Gasteiger partial charge is 0.263 e. The summed E-state index contributed by atoms with van der Waals surface area (Å²) < 4.78 is 18.5. The van der Waals surface area contributed by atoms with Crippen molar-refractivity contribution in [1.82, 2.24) is 10.2 Å². The molecule has 2 rings (SSSR count). The predicted molar refractivity (Wildman–Crippen MR) is 75.5 cm³/mol. The molecule has 1 fully saturated rings. The van der Waals surface area contributed by atoms with Crippen LogP contribution in [0.2, 0.25) is 5.02 Å². The van der Waals surface area contributed by atoms with Gasteiger partial charge in [-0.1, -0.05) is 11.6 Å². The third-order valence-electron chi connectivity index (χ3n) is 3.33. The summed E-state index contributed by atoms with van der Waals surface area (Å²) in [5.74, 6) is -0.201. The maximum atomic E-state index is 13.0. The van der Waals surface area contributed by atoms with Gasteiger partial charge in [0.2, 0.25) is 0 Å². The number of carbonyl (C=O) groups excluding carboxylic acids is 1. The molecular formula is C14H18ClFN2O2. The fourth-order valence-corrected chi connectivity index (χ4v) is 2.43. The summed E-state index contributed by atoms with van der Waals surface area (Å²) in [5, 5.41) is 3.39. The van der Waals surface area contributed by atoms with Crippen molar-refractivity contribution in [2.45, 2.75) is 26.0 Å². The lowest BCUT2D eigenvalue weighted by atomic mass is 10.2. The number of halogens is 2. The predicted octanol–water partition coefficient (Wildman–Crippen LogP) is 2.07. The monoisotopic (exact) mass is 300 g/mol. The fourth-order valence-electron chi connectivity index (χ4n) is 2.21. The minimum Gasteiger partial charge on any atom is -0.479 e. The zero-order chi connectivity index (χ0) is 14.7. The molecule has 2 atom stereocenters. The van der Waals surface area contributed by atoms with E-state index in [1.807, 2.05) is 6.92 Å². The Hall–Kier alpha value is -1.33.